The molecule has 0 aromatic carbocycles. The van der Waals surface area contributed by atoms with Crippen LogP contribution in [0.4, 0.5) is 0 Å². The molecule has 0 aliphatic heterocycles. The van der Waals surface area contributed by atoms with Crippen LogP contribution in [-0.4, -0.2) is 48.2 Å². The Labute approximate surface area is 125 Å². The van der Waals surface area contributed by atoms with Gasteiger partial charge >= 0.3 is 5.97 Å². The molecule has 0 saturated heterocycles. The largest absolute Gasteiger partial charge is 0.511 e. The van der Waals surface area contributed by atoms with E-state index < -0.39 is 23.9 Å². The summed E-state index contributed by atoms with van der Waals surface area (Å²) >= 11 is 0. The molecule has 0 aliphatic rings. The fourth-order valence-electron chi connectivity index (χ4n) is 1.69. The van der Waals surface area contributed by atoms with Gasteiger partial charge in [0.25, 0.3) is 0 Å². The second-order valence-corrected chi connectivity index (χ2v) is 4.64. The van der Waals surface area contributed by atoms with Crippen molar-refractivity contribution in [2.75, 3.05) is 19.8 Å². The predicted molar refractivity (Wildman–Crippen MR) is 77.4 cm³/mol. The molecule has 0 aromatic rings. The van der Waals surface area contributed by atoms with E-state index in [1.807, 2.05) is 13.8 Å². The molecule has 0 spiro atoms. The van der Waals surface area contributed by atoms with Crippen molar-refractivity contribution in [2.45, 2.75) is 34.0 Å². The van der Waals surface area contributed by atoms with Crippen LogP contribution in [0.2, 0.25) is 0 Å². The van der Waals surface area contributed by atoms with Gasteiger partial charge in [0.15, 0.2) is 6.29 Å². The van der Waals surface area contributed by atoms with Crippen molar-refractivity contribution >= 4 is 11.9 Å². The smallest absolute Gasteiger partial charge is 0.314 e. The first kappa shape index (κ1) is 19.4. The lowest BCUT2D eigenvalue weighted by Crippen LogP contribution is -2.26. The zero-order valence-corrected chi connectivity index (χ0v) is 13.0. The number of rotatable bonds is 10. The Morgan fingerprint density at radius 3 is 2.10 bits per heavy atom. The third-order valence-electron chi connectivity index (χ3n) is 2.61. The minimum atomic E-state index is -1.15. The van der Waals surface area contributed by atoms with Gasteiger partial charge in [0.05, 0.1) is 0 Å². The fraction of sp³-hybridized carbons (Fsp3) is 0.714. The second kappa shape index (κ2) is 10.2. The minimum Gasteiger partial charge on any atom is -0.511 e. The summed E-state index contributed by atoms with van der Waals surface area (Å²) in [6, 6.07) is 0. The molecule has 1 atom stereocenters. The summed E-state index contributed by atoms with van der Waals surface area (Å²) in [6.45, 7) is 7.84. The van der Waals surface area contributed by atoms with E-state index in [1.54, 1.807) is 13.8 Å². The van der Waals surface area contributed by atoms with Crippen molar-refractivity contribution in [1.82, 2.24) is 0 Å². The zero-order chi connectivity index (χ0) is 16.4. The summed E-state index contributed by atoms with van der Waals surface area (Å²) in [5, 5.41) is 26.4. The maximum Gasteiger partial charge on any atom is 0.314 e. The molecule has 1 unspecified atom stereocenters. The van der Waals surface area contributed by atoms with Crippen LogP contribution in [-0.2, 0) is 19.0 Å². The average molecular weight is 303 g/mol. The van der Waals surface area contributed by atoms with Crippen LogP contribution >= 0.6 is 0 Å². The first-order valence-electron chi connectivity index (χ1n) is 6.91. The van der Waals surface area contributed by atoms with Crippen LogP contribution in [0.3, 0.4) is 0 Å². The highest BCUT2D eigenvalue weighted by molar-refractivity contribution is 5.86. The third kappa shape index (κ3) is 7.67. The highest BCUT2D eigenvalue weighted by atomic mass is 16.7. The molecular formula is C14H25NO6. The predicted octanol–water partition coefficient (Wildman–Crippen LogP) is 2.18. The Morgan fingerprint density at radius 2 is 1.71 bits per heavy atom. The summed E-state index contributed by atoms with van der Waals surface area (Å²) in [7, 11) is 0. The molecule has 122 valence electrons. The van der Waals surface area contributed by atoms with Gasteiger partial charge in [0.2, 0.25) is 5.90 Å². The SMILES string of the molecule is CCOC(COC(=N)/C=C(\O)C(C(=O)O)C(C)C)OCC. The molecule has 0 aromatic heterocycles. The quantitative estimate of drug-likeness (QED) is 0.247. The van der Waals surface area contributed by atoms with Gasteiger partial charge < -0.3 is 24.4 Å². The van der Waals surface area contributed by atoms with Crippen LogP contribution in [0.25, 0.3) is 0 Å². The van der Waals surface area contributed by atoms with E-state index in [1.165, 1.54) is 0 Å². The minimum absolute atomic E-state index is 0.0102. The highest BCUT2D eigenvalue weighted by Crippen LogP contribution is 2.18. The topological polar surface area (TPSA) is 109 Å². The summed E-state index contributed by atoms with van der Waals surface area (Å²) in [5.74, 6) is -3.27. The van der Waals surface area contributed by atoms with E-state index >= 15 is 0 Å². The molecule has 0 heterocycles. The molecule has 7 nitrogen and oxygen atoms in total. The molecule has 0 aliphatic carbocycles. The first-order valence-corrected chi connectivity index (χ1v) is 6.91. The molecule has 21 heavy (non-hydrogen) atoms. The summed E-state index contributed by atoms with van der Waals surface area (Å²) in [5.41, 5.74) is 0. The van der Waals surface area contributed by atoms with Crippen LogP contribution in [0.5, 0.6) is 0 Å². The van der Waals surface area contributed by atoms with Crippen molar-refractivity contribution in [3.63, 3.8) is 0 Å². The van der Waals surface area contributed by atoms with Crippen LogP contribution in [0, 0.1) is 17.2 Å². The number of hydrogen-bond acceptors (Lipinski definition) is 6. The zero-order valence-electron chi connectivity index (χ0n) is 13.0. The normalized spacial score (nSPS) is 13.5. The Morgan fingerprint density at radius 1 is 1.19 bits per heavy atom. The first-order chi connectivity index (χ1) is 9.83. The van der Waals surface area contributed by atoms with Gasteiger partial charge in [0.1, 0.15) is 18.3 Å². The molecule has 0 radical (unpaired) electrons. The third-order valence-corrected chi connectivity index (χ3v) is 2.61. The monoisotopic (exact) mass is 303 g/mol. The Hall–Kier alpha value is -1.60. The molecule has 3 N–H and O–H groups in total. The van der Waals surface area contributed by atoms with Crippen LogP contribution in [0.15, 0.2) is 11.8 Å². The molecule has 0 fully saturated rings. The maximum absolute atomic E-state index is 11.0. The lowest BCUT2D eigenvalue weighted by atomic mass is 9.94. The van der Waals surface area contributed by atoms with Gasteiger partial charge in [-0.05, 0) is 19.8 Å². The maximum atomic E-state index is 11.0. The lowest BCUT2D eigenvalue weighted by molar-refractivity contribution is -0.154. The van der Waals surface area contributed by atoms with Crippen molar-refractivity contribution in [3.05, 3.63) is 11.8 Å². The number of carboxylic acids is 1. The van der Waals surface area contributed by atoms with E-state index in [-0.39, 0.29) is 18.4 Å². The number of ether oxygens (including phenoxy) is 3. The second-order valence-electron chi connectivity index (χ2n) is 4.64. The highest BCUT2D eigenvalue weighted by Gasteiger charge is 2.26. The van der Waals surface area contributed by atoms with Crippen molar-refractivity contribution < 1.29 is 29.2 Å². The molecule has 0 saturated carbocycles. The molecular weight excluding hydrogens is 278 g/mol. The van der Waals surface area contributed by atoms with Gasteiger partial charge in [-0.3, -0.25) is 10.2 Å². The van der Waals surface area contributed by atoms with Gasteiger partial charge in [-0.2, -0.15) is 0 Å². The average Bonchev–Trinajstić information content (AvgIpc) is 2.35. The Kier molecular flexibility index (Phi) is 9.40. The van der Waals surface area contributed by atoms with Gasteiger partial charge in [-0.15, -0.1) is 0 Å². The molecule has 0 rings (SSSR count). The van der Waals surface area contributed by atoms with Gasteiger partial charge in [-0.1, -0.05) is 13.8 Å². The molecule has 0 bridgehead atoms. The van der Waals surface area contributed by atoms with Crippen LogP contribution in [0.1, 0.15) is 27.7 Å². The standard InChI is InChI=1S/C14H25NO6/c1-5-19-12(20-6-2)8-21-11(15)7-10(16)13(9(3)4)14(17)18/h7,9,12-13,15-16H,5-6,8H2,1-4H3,(H,17,18)/b10-7-,15-11?. The number of carbonyl (C=O) groups is 1. The van der Waals surface area contributed by atoms with Gasteiger partial charge in [-0.25, -0.2) is 0 Å². The summed E-state index contributed by atoms with van der Waals surface area (Å²) in [6.07, 6.45) is 0.393. The van der Waals surface area contributed by atoms with E-state index in [0.29, 0.717) is 13.2 Å². The molecule has 7 heteroatoms. The lowest BCUT2D eigenvalue weighted by Gasteiger charge is -2.18. The Balaban J connectivity index is 4.57. The van der Waals surface area contributed by atoms with Crippen molar-refractivity contribution in [3.8, 4) is 0 Å². The Bertz CT molecular complexity index is 360. The van der Waals surface area contributed by atoms with Crippen molar-refractivity contribution in [2.24, 2.45) is 11.8 Å². The van der Waals surface area contributed by atoms with E-state index in [9.17, 15) is 9.90 Å². The van der Waals surface area contributed by atoms with Crippen molar-refractivity contribution in [1.29, 1.82) is 5.41 Å². The molecule has 0 amide bonds. The van der Waals surface area contributed by atoms with Crippen LogP contribution < -0.4 is 0 Å². The number of carboxylic acid groups (broad SMARTS) is 1. The van der Waals surface area contributed by atoms with Gasteiger partial charge in [0, 0.05) is 19.3 Å². The van der Waals surface area contributed by atoms with E-state index in [0.717, 1.165) is 6.08 Å². The number of aliphatic hydroxyl groups excluding tert-OH is 1. The number of aliphatic hydroxyl groups is 1. The number of aliphatic carboxylic acids is 1. The number of hydrogen-bond donors (Lipinski definition) is 3. The van der Waals surface area contributed by atoms with E-state index in [4.69, 9.17) is 24.7 Å². The summed E-state index contributed by atoms with van der Waals surface area (Å²) < 4.78 is 15.6. The number of nitrogens with one attached hydrogen (secondary N) is 1. The fourth-order valence-corrected chi connectivity index (χ4v) is 1.69. The summed E-state index contributed by atoms with van der Waals surface area (Å²) in [4.78, 5) is 11.0. The van der Waals surface area contributed by atoms with E-state index in [2.05, 4.69) is 0 Å².